The average Bonchev–Trinajstić information content (AvgIpc) is 3.03. The van der Waals surface area contributed by atoms with Crippen molar-refractivity contribution in [3.63, 3.8) is 0 Å². The van der Waals surface area contributed by atoms with Crippen molar-refractivity contribution < 1.29 is 18.8 Å². The number of carbonyl (C=O) groups excluding carboxylic acids is 1. The average molecular weight is 342 g/mol. The third-order valence-electron chi connectivity index (χ3n) is 3.58. The molecular formula is C19H22N2O4. The van der Waals surface area contributed by atoms with Gasteiger partial charge in [0.1, 0.15) is 5.60 Å². The molecule has 1 aromatic carbocycles. The first kappa shape index (κ1) is 17.4. The predicted molar refractivity (Wildman–Crippen MR) is 92.1 cm³/mol. The second-order valence-corrected chi connectivity index (χ2v) is 6.97. The number of aromatic nitrogens is 2. The van der Waals surface area contributed by atoms with Gasteiger partial charge >= 0.3 is 5.97 Å². The molecule has 1 aliphatic heterocycles. The fourth-order valence-corrected chi connectivity index (χ4v) is 2.49. The fraction of sp³-hybridized carbons (Fsp3) is 0.421. The lowest BCUT2D eigenvalue weighted by molar-refractivity contribution is 0.00694. The number of esters is 1. The molecule has 0 amide bonds. The first-order valence-electron chi connectivity index (χ1n) is 8.33. The Hall–Kier alpha value is -2.47. The molecule has 3 rings (SSSR count). The summed E-state index contributed by atoms with van der Waals surface area (Å²) in [6.45, 7) is 6.76. The SMILES string of the molecule is CC(C)(C)OC(=O)c1cccc(Cc2noc(C3=CCCOC3)n2)c1. The molecule has 0 spiro atoms. The molecule has 2 heterocycles. The van der Waals surface area contributed by atoms with Crippen LogP contribution in [0.5, 0.6) is 0 Å². The molecule has 0 saturated heterocycles. The molecule has 0 bridgehead atoms. The van der Waals surface area contributed by atoms with E-state index in [2.05, 4.69) is 16.2 Å². The molecule has 132 valence electrons. The third-order valence-corrected chi connectivity index (χ3v) is 3.58. The number of ether oxygens (including phenoxy) is 2. The summed E-state index contributed by atoms with van der Waals surface area (Å²) in [6, 6.07) is 7.29. The lowest BCUT2D eigenvalue weighted by Gasteiger charge is -2.19. The molecule has 0 saturated carbocycles. The number of rotatable bonds is 4. The number of hydrogen-bond acceptors (Lipinski definition) is 6. The van der Waals surface area contributed by atoms with Crippen LogP contribution in [0.3, 0.4) is 0 Å². The highest BCUT2D eigenvalue weighted by molar-refractivity contribution is 5.89. The van der Waals surface area contributed by atoms with E-state index in [0.29, 0.717) is 30.3 Å². The van der Waals surface area contributed by atoms with Crippen LogP contribution in [0.4, 0.5) is 0 Å². The minimum absolute atomic E-state index is 0.340. The second-order valence-electron chi connectivity index (χ2n) is 6.97. The molecule has 0 N–H and O–H groups in total. The highest BCUT2D eigenvalue weighted by Gasteiger charge is 2.19. The quantitative estimate of drug-likeness (QED) is 0.793. The Balaban J connectivity index is 1.71. The van der Waals surface area contributed by atoms with Gasteiger partial charge in [-0.25, -0.2) is 4.79 Å². The van der Waals surface area contributed by atoms with E-state index in [1.165, 1.54) is 0 Å². The first-order chi connectivity index (χ1) is 11.9. The predicted octanol–water partition coefficient (Wildman–Crippen LogP) is 3.42. The van der Waals surface area contributed by atoms with Gasteiger partial charge in [0.25, 0.3) is 5.89 Å². The van der Waals surface area contributed by atoms with Gasteiger partial charge in [0, 0.05) is 12.0 Å². The van der Waals surface area contributed by atoms with Crippen LogP contribution in [0.15, 0.2) is 34.9 Å². The van der Waals surface area contributed by atoms with Gasteiger partial charge in [0.05, 0.1) is 18.8 Å². The van der Waals surface area contributed by atoms with Crippen molar-refractivity contribution in [2.45, 2.75) is 39.2 Å². The van der Waals surface area contributed by atoms with E-state index in [1.807, 2.05) is 32.9 Å². The van der Waals surface area contributed by atoms with E-state index in [4.69, 9.17) is 14.0 Å². The van der Waals surface area contributed by atoms with Gasteiger partial charge in [-0.05, 0) is 44.9 Å². The van der Waals surface area contributed by atoms with Crippen molar-refractivity contribution in [3.05, 3.63) is 53.2 Å². The molecule has 1 aromatic heterocycles. The van der Waals surface area contributed by atoms with E-state index in [9.17, 15) is 4.79 Å². The van der Waals surface area contributed by atoms with Crippen molar-refractivity contribution in [1.29, 1.82) is 0 Å². The normalized spacial score (nSPS) is 14.9. The second kappa shape index (κ2) is 7.19. The topological polar surface area (TPSA) is 74.5 Å². The van der Waals surface area contributed by atoms with Gasteiger partial charge in [0.2, 0.25) is 0 Å². The van der Waals surface area contributed by atoms with Gasteiger partial charge in [-0.1, -0.05) is 23.4 Å². The molecule has 0 atom stereocenters. The summed E-state index contributed by atoms with van der Waals surface area (Å²) in [5, 5.41) is 4.02. The Bertz CT molecular complexity index is 787. The highest BCUT2D eigenvalue weighted by Crippen LogP contribution is 2.19. The zero-order chi connectivity index (χ0) is 17.9. The monoisotopic (exact) mass is 342 g/mol. The summed E-state index contributed by atoms with van der Waals surface area (Å²) < 4.78 is 16.1. The minimum Gasteiger partial charge on any atom is -0.456 e. The van der Waals surface area contributed by atoms with Crippen molar-refractivity contribution in [2.75, 3.05) is 13.2 Å². The number of benzene rings is 1. The Labute approximate surface area is 146 Å². The molecule has 0 radical (unpaired) electrons. The summed E-state index contributed by atoms with van der Waals surface area (Å²) in [6.07, 6.45) is 3.39. The lowest BCUT2D eigenvalue weighted by Crippen LogP contribution is -2.23. The van der Waals surface area contributed by atoms with Gasteiger partial charge in [-0.2, -0.15) is 4.98 Å². The van der Waals surface area contributed by atoms with E-state index < -0.39 is 5.60 Å². The Morgan fingerprint density at radius 2 is 2.16 bits per heavy atom. The molecule has 0 unspecified atom stereocenters. The number of hydrogen-bond donors (Lipinski definition) is 0. The lowest BCUT2D eigenvalue weighted by atomic mass is 10.1. The van der Waals surface area contributed by atoms with Crippen LogP contribution >= 0.6 is 0 Å². The molecule has 2 aromatic rings. The summed E-state index contributed by atoms with van der Waals surface area (Å²) in [4.78, 5) is 16.6. The standard InChI is InChI=1S/C19H22N2O4/c1-19(2,3)24-18(22)14-7-4-6-13(10-14)11-16-20-17(25-21-16)15-8-5-9-23-12-15/h4,6-8,10H,5,9,11-12H2,1-3H3. The zero-order valence-corrected chi connectivity index (χ0v) is 14.7. The van der Waals surface area contributed by atoms with Crippen molar-refractivity contribution in [3.8, 4) is 0 Å². The van der Waals surface area contributed by atoms with Gasteiger partial charge in [0.15, 0.2) is 5.82 Å². The molecule has 6 nitrogen and oxygen atoms in total. The Morgan fingerprint density at radius 1 is 1.32 bits per heavy atom. The largest absolute Gasteiger partial charge is 0.456 e. The maximum atomic E-state index is 12.2. The van der Waals surface area contributed by atoms with Crippen LogP contribution in [0.2, 0.25) is 0 Å². The Kier molecular flexibility index (Phi) is 4.99. The fourth-order valence-electron chi connectivity index (χ4n) is 2.49. The van der Waals surface area contributed by atoms with Crippen LogP contribution in [-0.2, 0) is 15.9 Å². The summed E-state index contributed by atoms with van der Waals surface area (Å²) >= 11 is 0. The smallest absolute Gasteiger partial charge is 0.338 e. The van der Waals surface area contributed by atoms with Crippen LogP contribution in [0.25, 0.3) is 5.57 Å². The molecule has 25 heavy (non-hydrogen) atoms. The zero-order valence-electron chi connectivity index (χ0n) is 14.7. The first-order valence-corrected chi connectivity index (χ1v) is 8.33. The Morgan fingerprint density at radius 3 is 2.88 bits per heavy atom. The van der Waals surface area contributed by atoms with E-state index in [1.54, 1.807) is 12.1 Å². The summed E-state index contributed by atoms with van der Waals surface area (Å²) in [5.41, 5.74) is 1.84. The number of carbonyl (C=O) groups is 1. The van der Waals surface area contributed by atoms with Crippen molar-refractivity contribution >= 4 is 11.5 Å². The van der Waals surface area contributed by atoms with Gasteiger partial charge in [-0.15, -0.1) is 0 Å². The van der Waals surface area contributed by atoms with Crippen LogP contribution < -0.4 is 0 Å². The summed E-state index contributed by atoms with van der Waals surface area (Å²) in [5.74, 6) is 0.730. The maximum Gasteiger partial charge on any atom is 0.338 e. The number of nitrogens with zero attached hydrogens (tertiary/aromatic N) is 2. The highest BCUT2D eigenvalue weighted by atomic mass is 16.6. The van der Waals surface area contributed by atoms with E-state index in [-0.39, 0.29) is 5.97 Å². The van der Waals surface area contributed by atoms with Crippen molar-refractivity contribution in [2.24, 2.45) is 0 Å². The van der Waals surface area contributed by atoms with E-state index >= 15 is 0 Å². The van der Waals surface area contributed by atoms with Crippen LogP contribution in [-0.4, -0.2) is 34.9 Å². The molecular weight excluding hydrogens is 320 g/mol. The third kappa shape index (κ3) is 4.76. The van der Waals surface area contributed by atoms with Crippen molar-refractivity contribution in [1.82, 2.24) is 10.1 Å². The maximum absolute atomic E-state index is 12.2. The van der Waals surface area contributed by atoms with Crippen LogP contribution in [0, 0.1) is 0 Å². The van der Waals surface area contributed by atoms with Gasteiger partial charge < -0.3 is 14.0 Å². The molecule has 0 aliphatic carbocycles. The molecule has 0 fully saturated rings. The minimum atomic E-state index is -0.522. The van der Waals surface area contributed by atoms with Gasteiger partial charge in [-0.3, -0.25) is 0 Å². The van der Waals surface area contributed by atoms with Crippen LogP contribution in [0.1, 0.15) is 54.8 Å². The molecule has 6 heteroatoms. The summed E-state index contributed by atoms with van der Waals surface area (Å²) in [7, 11) is 0. The molecule has 1 aliphatic rings. The van der Waals surface area contributed by atoms with E-state index in [0.717, 1.165) is 24.2 Å².